The summed E-state index contributed by atoms with van der Waals surface area (Å²) in [5.74, 6) is 0.673. The van der Waals surface area contributed by atoms with Gasteiger partial charge in [0.05, 0.1) is 22.9 Å². The van der Waals surface area contributed by atoms with Crippen LogP contribution in [0.15, 0.2) is 26.5 Å². The van der Waals surface area contributed by atoms with Gasteiger partial charge in [0.2, 0.25) is 5.91 Å². The van der Waals surface area contributed by atoms with E-state index in [0.717, 1.165) is 19.1 Å². The predicted molar refractivity (Wildman–Crippen MR) is 85.0 cm³/mol. The Bertz CT molecular complexity index is 1040. The quantitative estimate of drug-likeness (QED) is 0.762. The van der Waals surface area contributed by atoms with Gasteiger partial charge in [-0.2, -0.15) is 0 Å². The topological polar surface area (TPSA) is 106 Å². The van der Waals surface area contributed by atoms with Crippen LogP contribution in [0.5, 0.6) is 0 Å². The molecule has 2 aromatic rings. The smallest absolute Gasteiger partial charge is 0.324 e. The van der Waals surface area contributed by atoms with Gasteiger partial charge < -0.3 is 5.32 Å². The Balaban J connectivity index is 2.82. The second kappa shape index (κ2) is 6.55. The van der Waals surface area contributed by atoms with Gasteiger partial charge in [-0.25, -0.2) is 27.9 Å². The largest absolute Gasteiger partial charge is 0.341 e. The molecule has 1 heterocycles. The van der Waals surface area contributed by atoms with E-state index in [9.17, 15) is 23.6 Å². The summed E-state index contributed by atoms with van der Waals surface area (Å²) >= 11 is 5.89. The number of benzene rings is 1. The number of rotatable bonds is 3. The molecule has 8 nitrogen and oxygen atoms in total. The summed E-state index contributed by atoms with van der Waals surface area (Å²) in [5, 5.41) is 1.92. The van der Waals surface area contributed by atoms with Gasteiger partial charge in [0.1, 0.15) is 5.82 Å². The van der Waals surface area contributed by atoms with E-state index in [-0.39, 0.29) is 22.9 Å². The molecule has 0 spiro atoms. The number of carbonyl (C=O) groups excluding carboxylic acids is 1. The summed E-state index contributed by atoms with van der Waals surface area (Å²) < 4.78 is 14.9. The van der Waals surface area contributed by atoms with Crippen molar-refractivity contribution < 1.29 is 9.18 Å². The van der Waals surface area contributed by atoms with Crippen LogP contribution in [0.2, 0.25) is 5.02 Å². The standard InChI is InChI=1S/C14H10ClFN4O4/c1-3-4-19-12(22)18-13(23)20(14(19)24)11-6-10(17-7(2)21)9(16)5-8(11)15/h1,5-6H,4H2,2H3,(H,17,21)(H,18,22,23). The number of aromatic nitrogens is 3. The highest BCUT2D eigenvalue weighted by atomic mass is 35.5. The molecule has 2 N–H and O–H groups in total. The SMILES string of the molecule is C#CCn1c(=O)[nH]c(=O)n(-c2cc(NC(C)=O)c(F)cc2Cl)c1=O. The minimum Gasteiger partial charge on any atom is -0.324 e. The molecule has 0 fully saturated rings. The van der Waals surface area contributed by atoms with E-state index in [1.54, 1.807) is 0 Å². The molecule has 0 saturated heterocycles. The van der Waals surface area contributed by atoms with Crippen molar-refractivity contribution >= 4 is 23.2 Å². The first kappa shape index (κ1) is 17.2. The van der Waals surface area contributed by atoms with Crippen molar-refractivity contribution in [3.05, 3.63) is 54.4 Å². The number of nitrogens with one attached hydrogen (secondary N) is 2. The van der Waals surface area contributed by atoms with Crippen LogP contribution in [-0.4, -0.2) is 20.0 Å². The Morgan fingerprint density at radius 3 is 2.62 bits per heavy atom. The number of aromatic amines is 1. The van der Waals surface area contributed by atoms with Crippen LogP contribution >= 0.6 is 11.6 Å². The summed E-state index contributed by atoms with van der Waals surface area (Å²) in [7, 11) is 0. The van der Waals surface area contributed by atoms with Gasteiger partial charge in [-0.05, 0) is 12.1 Å². The lowest BCUT2D eigenvalue weighted by molar-refractivity contribution is -0.114. The van der Waals surface area contributed by atoms with Crippen LogP contribution in [0.25, 0.3) is 5.69 Å². The fraction of sp³-hybridized carbons (Fsp3) is 0.143. The molecular weight excluding hydrogens is 343 g/mol. The molecule has 0 aliphatic rings. The van der Waals surface area contributed by atoms with E-state index in [1.165, 1.54) is 0 Å². The maximum Gasteiger partial charge on any atom is 0.341 e. The van der Waals surface area contributed by atoms with Crippen molar-refractivity contribution in [1.82, 2.24) is 14.1 Å². The molecule has 1 aromatic heterocycles. The Labute approximate surface area is 138 Å². The zero-order valence-electron chi connectivity index (χ0n) is 12.2. The Kier molecular flexibility index (Phi) is 4.71. The lowest BCUT2D eigenvalue weighted by atomic mass is 10.2. The van der Waals surface area contributed by atoms with Crippen LogP contribution in [0.1, 0.15) is 6.92 Å². The third-order valence-electron chi connectivity index (χ3n) is 2.92. The van der Waals surface area contributed by atoms with E-state index >= 15 is 0 Å². The average molecular weight is 353 g/mol. The number of amides is 1. The molecule has 10 heteroatoms. The third kappa shape index (κ3) is 3.13. The summed E-state index contributed by atoms with van der Waals surface area (Å²) in [6.07, 6.45) is 5.08. The van der Waals surface area contributed by atoms with E-state index in [4.69, 9.17) is 18.0 Å². The summed E-state index contributed by atoms with van der Waals surface area (Å²) in [4.78, 5) is 49.0. The van der Waals surface area contributed by atoms with Crippen molar-refractivity contribution in [2.45, 2.75) is 13.5 Å². The third-order valence-corrected chi connectivity index (χ3v) is 3.22. The highest BCUT2D eigenvalue weighted by Gasteiger charge is 2.17. The number of halogens is 2. The van der Waals surface area contributed by atoms with Gasteiger partial charge >= 0.3 is 17.1 Å². The first-order valence-electron chi connectivity index (χ1n) is 6.43. The Hall–Kier alpha value is -3.12. The molecular formula is C14H10ClFN4O4. The molecule has 0 saturated carbocycles. The van der Waals surface area contributed by atoms with Crippen molar-refractivity contribution in [2.24, 2.45) is 0 Å². The molecule has 0 bridgehead atoms. The van der Waals surface area contributed by atoms with Gasteiger partial charge in [0, 0.05) is 6.92 Å². The van der Waals surface area contributed by atoms with Crippen LogP contribution < -0.4 is 22.4 Å². The normalized spacial score (nSPS) is 10.2. The summed E-state index contributed by atoms with van der Waals surface area (Å²) in [6, 6.07) is 1.82. The minimum absolute atomic E-state index is 0.223. The molecule has 124 valence electrons. The number of hydrogen-bond acceptors (Lipinski definition) is 4. The van der Waals surface area contributed by atoms with Crippen LogP contribution in [-0.2, 0) is 11.3 Å². The number of carbonyl (C=O) groups is 1. The minimum atomic E-state index is -1.08. The van der Waals surface area contributed by atoms with Gasteiger partial charge in [-0.1, -0.05) is 17.5 Å². The molecule has 0 unspecified atom stereocenters. The summed E-state index contributed by atoms with van der Waals surface area (Å²) in [6.45, 7) is 0.769. The first-order valence-corrected chi connectivity index (χ1v) is 6.80. The molecule has 1 amide bonds. The number of anilines is 1. The lowest BCUT2D eigenvalue weighted by Gasteiger charge is -2.11. The van der Waals surface area contributed by atoms with E-state index in [1.807, 2.05) is 4.98 Å². The van der Waals surface area contributed by atoms with E-state index < -0.39 is 28.8 Å². The number of terminal acetylenes is 1. The Morgan fingerprint density at radius 1 is 1.38 bits per heavy atom. The van der Waals surface area contributed by atoms with E-state index in [2.05, 4.69) is 11.2 Å². The maximum absolute atomic E-state index is 13.8. The fourth-order valence-corrected chi connectivity index (χ4v) is 2.18. The second-order valence-corrected chi connectivity index (χ2v) is 5.02. The molecule has 0 atom stereocenters. The monoisotopic (exact) mass is 352 g/mol. The average Bonchev–Trinajstić information content (AvgIpc) is 2.47. The molecule has 0 radical (unpaired) electrons. The molecule has 2 rings (SSSR count). The first-order chi connectivity index (χ1) is 11.3. The fourth-order valence-electron chi connectivity index (χ4n) is 1.95. The lowest BCUT2D eigenvalue weighted by Crippen LogP contribution is -2.48. The predicted octanol–water partition coefficient (Wildman–Crippen LogP) is 0.0716. The van der Waals surface area contributed by atoms with E-state index in [0.29, 0.717) is 9.13 Å². The van der Waals surface area contributed by atoms with Gasteiger partial charge in [0.15, 0.2) is 0 Å². The molecule has 1 aromatic carbocycles. The number of H-pyrrole nitrogens is 1. The van der Waals surface area contributed by atoms with Crippen LogP contribution in [0.4, 0.5) is 10.1 Å². The van der Waals surface area contributed by atoms with Crippen molar-refractivity contribution in [3.63, 3.8) is 0 Å². The van der Waals surface area contributed by atoms with Gasteiger partial charge in [0.25, 0.3) is 0 Å². The van der Waals surface area contributed by atoms with Crippen LogP contribution in [0.3, 0.4) is 0 Å². The maximum atomic E-state index is 13.8. The second-order valence-electron chi connectivity index (χ2n) is 4.61. The molecule has 0 aliphatic heterocycles. The Morgan fingerprint density at radius 2 is 2.04 bits per heavy atom. The van der Waals surface area contributed by atoms with Crippen molar-refractivity contribution in [1.29, 1.82) is 0 Å². The number of hydrogen-bond donors (Lipinski definition) is 2. The van der Waals surface area contributed by atoms with Gasteiger partial charge in [-0.3, -0.25) is 9.78 Å². The number of nitrogens with zero attached hydrogens (tertiary/aromatic N) is 2. The van der Waals surface area contributed by atoms with Crippen molar-refractivity contribution in [2.75, 3.05) is 5.32 Å². The van der Waals surface area contributed by atoms with Crippen molar-refractivity contribution in [3.8, 4) is 18.0 Å². The molecule has 0 aliphatic carbocycles. The summed E-state index contributed by atoms with van der Waals surface area (Å²) in [5.41, 5.74) is -3.63. The highest BCUT2D eigenvalue weighted by molar-refractivity contribution is 6.32. The zero-order valence-corrected chi connectivity index (χ0v) is 13.0. The molecule has 24 heavy (non-hydrogen) atoms. The van der Waals surface area contributed by atoms with Crippen LogP contribution in [0, 0.1) is 18.2 Å². The van der Waals surface area contributed by atoms with Gasteiger partial charge in [-0.15, -0.1) is 6.42 Å². The zero-order chi connectivity index (χ0) is 18.0. The highest BCUT2D eigenvalue weighted by Crippen LogP contribution is 2.25.